The molecule has 3 rings (SSSR count). The molecule has 0 aromatic heterocycles. The minimum atomic E-state index is -0.996. The van der Waals surface area contributed by atoms with Gasteiger partial charge in [-0.15, -0.1) is 0 Å². The van der Waals surface area contributed by atoms with Crippen LogP contribution in [0.4, 0.5) is 0 Å². The van der Waals surface area contributed by atoms with Crippen molar-refractivity contribution in [2.75, 3.05) is 6.54 Å². The highest BCUT2D eigenvalue weighted by atomic mass is 16.4. The lowest BCUT2D eigenvalue weighted by Gasteiger charge is -2.37. The molecule has 0 aliphatic carbocycles. The maximum absolute atomic E-state index is 11.8. The Morgan fingerprint density at radius 3 is 2.70 bits per heavy atom. The van der Waals surface area contributed by atoms with Gasteiger partial charge in [0.05, 0.1) is 12.5 Å². The van der Waals surface area contributed by atoms with Gasteiger partial charge in [0.2, 0.25) is 11.8 Å². The summed E-state index contributed by atoms with van der Waals surface area (Å²) >= 11 is 0. The quantitative estimate of drug-likeness (QED) is 0.746. The van der Waals surface area contributed by atoms with Crippen LogP contribution in [0.3, 0.4) is 0 Å². The topological polar surface area (TPSA) is 86.7 Å². The Bertz CT molecular complexity index is 599. The van der Waals surface area contributed by atoms with Gasteiger partial charge in [0, 0.05) is 6.54 Å². The first-order chi connectivity index (χ1) is 9.58. The molecule has 2 atom stereocenters. The lowest BCUT2D eigenvalue weighted by Crippen LogP contribution is -2.48. The largest absolute Gasteiger partial charge is 0.480 e. The Kier molecular flexibility index (Phi) is 3.02. The van der Waals surface area contributed by atoms with E-state index in [1.807, 2.05) is 12.1 Å². The zero-order valence-electron chi connectivity index (χ0n) is 10.7. The molecule has 0 radical (unpaired) electrons. The van der Waals surface area contributed by atoms with Crippen molar-refractivity contribution in [2.45, 2.75) is 24.9 Å². The zero-order chi connectivity index (χ0) is 14.3. The molecule has 6 heteroatoms. The lowest BCUT2D eigenvalue weighted by atomic mass is 9.91. The molecule has 0 spiro atoms. The van der Waals surface area contributed by atoms with Crippen molar-refractivity contribution in [3.63, 3.8) is 0 Å². The second-order valence-corrected chi connectivity index (χ2v) is 5.06. The van der Waals surface area contributed by atoms with Crippen molar-refractivity contribution >= 4 is 17.8 Å². The van der Waals surface area contributed by atoms with Crippen LogP contribution in [0.2, 0.25) is 0 Å². The Balaban J connectivity index is 1.99. The van der Waals surface area contributed by atoms with Crippen LogP contribution in [0.1, 0.15) is 23.6 Å². The van der Waals surface area contributed by atoms with Crippen molar-refractivity contribution in [1.29, 1.82) is 0 Å². The van der Waals surface area contributed by atoms with Crippen LogP contribution in [0.25, 0.3) is 0 Å². The van der Waals surface area contributed by atoms with Gasteiger partial charge in [0.1, 0.15) is 6.04 Å². The number of carbonyl (C=O) groups is 3. The fourth-order valence-electron chi connectivity index (χ4n) is 3.00. The number of fused-ring (bicyclic) bond motifs is 1. The molecular weight excluding hydrogens is 260 g/mol. The summed E-state index contributed by atoms with van der Waals surface area (Å²) in [6, 6.07) is 5.79. The third-order valence-corrected chi connectivity index (χ3v) is 3.90. The van der Waals surface area contributed by atoms with Crippen molar-refractivity contribution in [3.05, 3.63) is 35.4 Å². The van der Waals surface area contributed by atoms with Gasteiger partial charge in [-0.25, -0.2) is 0 Å². The van der Waals surface area contributed by atoms with Crippen molar-refractivity contribution in [1.82, 2.24) is 10.2 Å². The molecule has 1 fully saturated rings. The van der Waals surface area contributed by atoms with E-state index in [0.29, 0.717) is 18.5 Å². The van der Waals surface area contributed by atoms with Crippen LogP contribution in [0.5, 0.6) is 0 Å². The summed E-state index contributed by atoms with van der Waals surface area (Å²) in [6.07, 6.45) is 0.711. The molecule has 2 amide bonds. The molecule has 2 heterocycles. The second kappa shape index (κ2) is 4.72. The van der Waals surface area contributed by atoms with E-state index in [0.717, 1.165) is 5.56 Å². The number of benzene rings is 1. The van der Waals surface area contributed by atoms with E-state index >= 15 is 0 Å². The van der Waals surface area contributed by atoms with E-state index < -0.39 is 24.0 Å². The van der Waals surface area contributed by atoms with E-state index in [2.05, 4.69) is 5.32 Å². The summed E-state index contributed by atoms with van der Waals surface area (Å²) in [7, 11) is 0. The smallest absolute Gasteiger partial charge is 0.325 e. The number of carboxylic acid groups (broad SMARTS) is 1. The summed E-state index contributed by atoms with van der Waals surface area (Å²) in [5.74, 6) is -1.74. The first-order valence-corrected chi connectivity index (χ1v) is 6.48. The number of nitrogens with zero attached hydrogens (tertiary/aromatic N) is 1. The summed E-state index contributed by atoms with van der Waals surface area (Å²) in [6.45, 7) is 0.458. The summed E-state index contributed by atoms with van der Waals surface area (Å²) in [4.78, 5) is 36.4. The van der Waals surface area contributed by atoms with E-state index in [-0.39, 0.29) is 12.3 Å². The molecule has 1 aromatic carbocycles. The SMILES string of the molecule is O=C1CC(N2CCc3ccccc3C2C(=O)O)C(=O)N1. The van der Waals surface area contributed by atoms with Crippen molar-refractivity contribution in [3.8, 4) is 0 Å². The Labute approximate surface area is 115 Å². The molecule has 104 valence electrons. The molecule has 1 aromatic rings. The van der Waals surface area contributed by atoms with E-state index in [9.17, 15) is 19.5 Å². The van der Waals surface area contributed by atoms with Gasteiger partial charge >= 0.3 is 5.97 Å². The first kappa shape index (κ1) is 12.8. The van der Waals surface area contributed by atoms with Gasteiger partial charge in [-0.05, 0) is 17.5 Å². The Morgan fingerprint density at radius 2 is 2.05 bits per heavy atom. The maximum atomic E-state index is 11.8. The molecule has 0 saturated carbocycles. The van der Waals surface area contributed by atoms with Crippen molar-refractivity contribution in [2.24, 2.45) is 0 Å². The predicted octanol–water partition coefficient (Wildman–Crippen LogP) is 0.0855. The van der Waals surface area contributed by atoms with Crippen LogP contribution >= 0.6 is 0 Å². The summed E-state index contributed by atoms with van der Waals surface area (Å²) < 4.78 is 0. The number of amides is 2. The average molecular weight is 274 g/mol. The number of carbonyl (C=O) groups excluding carboxylic acids is 2. The Morgan fingerprint density at radius 1 is 1.30 bits per heavy atom. The molecule has 6 nitrogen and oxygen atoms in total. The molecule has 2 N–H and O–H groups in total. The van der Waals surface area contributed by atoms with Crippen LogP contribution in [0.15, 0.2) is 24.3 Å². The zero-order valence-corrected chi connectivity index (χ0v) is 10.7. The monoisotopic (exact) mass is 274 g/mol. The summed E-state index contributed by atoms with van der Waals surface area (Å²) in [5.41, 5.74) is 1.69. The van der Waals surface area contributed by atoms with E-state index in [1.165, 1.54) is 0 Å². The number of hydrogen-bond donors (Lipinski definition) is 2. The Hall–Kier alpha value is -2.21. The molecule has 1 saturated heterocycles. The number of rotatable bonds is 2. The molecule has 0 bridgehead atoms. The molecule has 2 aliphatic rings. The highest BCUT2D eigenvalue weighted by Gasteiger charge is 2.43. The average Bonchev–Trinajstić information content (AvgIpc) is 2.76. The van der Waals surface area contributed by atoms with Gasteiger partial charge in [-0.3, -0.25) is 24.6 Å². The fourth-order valence-corrected chi connectivity index (χ4v) is 3.00. The van der Waals surface area contributed by atoms with Gasteiger partial charge in [-0.1, -0.05) is 24.3 Å². The number of carboxylic acids is 1. The standard InChI is InChI=1S/C14H14N2O4/c17-11-7-10(13(18)15-11)16-6-5-8-3-1-2-4-9(8)12(16)14(19)20/h1-4,10,12H,5-7H2,(H,19,20)(H,15,17,18). The van der Waals surface area contributed by atoms with Gasteiger partial charge < -0.3 is 5.11 Å². The molecular formula is C14H14N2O4. The highest BCUT2D eigenvalue weighted by molar-refractivity contribution is 6.05. The summed E-state index contributed by atoms with van der Waals surface area (Å²) in [5, 5.41) is 11.7. The minimum absolute atomic E-state index is 0.0325. The number of imide groups is 1. The highest BCUT2D eigenvalue weighted by Crippen LogP contribution is 2.33. The second-order valence-electron chi connectivity index (χ2n) is 5.06. The maximum Gasteiger partial charge on any atom is 0.325 e. The number of aliphatic carboxylic acids is 1. The third-order valence-electron chi connectivity index (χ3n) is 3.90. The van der Waals surface area contributed by atoms with Gasteiger partial charge in [0.15, 0.2) is 0 Å². The third kappa shape index (κ3) is 1.98. The predicted molar refractivity (Wildman–Crippen MR) is 68.8 cm³/mol. The first-order valence-electron chi connectivity index (χ1n) is 6.48. The fraction of sp³-hybridized carbons (Fsp3) is 0.357. The van der Waals surface area contributed by atoms with E-state index in [4.69, 9.17) is 0 Å². The normalized spacial score (nSPS) is 26.2. The van der Waals surface area contributed by atoms with Crippen LogP contribution in [-0.2, 0) is 20.8 Å². The van der Waals surface area contributed by atoms with Crippen molar-refractivity contribution < 1.29 is 19.5 Å². The number of nitrogens with one attached hydrogen (secondary N) is 1. The van der Waals surface area contributed by atoms with Gasteiger partial charge in [0.25, 0.3) is 0 Å². The van der Waals surface area contributed by atoms with Crippen LogP contribution < -0.4 is 5.32 Å². The van der Waals surface area contributed by atoms with Gasteiger partial charge in [-0.2, -0.15) is 0 Å². The lowest BCUT2D eigenvalue weighted by molar-refractivity contribution is -0.146. The van der Waals surface area contributed by atoms with Crippen LogP contribution in [0, 0.1) is 0 Å². The molecule has 20 heavy (non-hydrogen) atoms. The minimum Gasteiger partial charge on any atom is -0.480 e. The molecule has 2 aliphatic heterocycles. The number of hydrogen-bond acceptors (Lipinski definition) is 4. The van der Waals surface area contributed by atoms with E-state index in [1.54, 1.807) is 17.0 Å². The van der Waals surface area contributed by atoms with Crippen LogP contribution in [-0.4, -0.2) is 40.4 Å². The molecule has 2 unspecified atom stereocenters.